The van der Waals surface area contributed by atoms with E-state index in [9.17, 15) is 4.79 Å². The van der Waals surface area contributed by atoms with Crippen LogP contribution in [0.4, 0.5) is 0 Å². The van der Waals surface area contributed by atoms with E-state index in [1.165, 1.54) is 34.2 Å². The molecule has 1 aromatic heterocycles. The monoisotopic (exact) mass is 342 g/mol. The van der Waals surface area contributed by atoms with E-state index >= 15 is 0 Å². The lowest BCUT2D eigenvalue weighted by Gasteiger charge is -2.43. The average Bonchev–Trinajstić information content (AvgIpc) is 2.98. The number of amides is 1. The van der Waals surface area contributed by atoms with Crippen LogP contribution in [0.15, 0.2) is 30.3 Å². The molecule has 1 aromatic carbocycles. The summed E-state index contributed by atoms with van der Waals surface area (Å²) >= 11 is 1.78. The Kier molecular flexibility index (Phi) is 4.35. The Labute approximate surface area is 147 Å². The number of carbonyl (C=O) groups is 1. The van der Waals surface area contributed by atoms with Crippen molar-refractivity contribution in [2.75, 3.05) is 0 Å². The molecular formula is C20H26N2OS. The van der Waals surface area contributed by atoms with Crippen LogP contribution < -0.4 is 11.1 Å². The smallest absolute Gasteiger partial charge is 0.223 e. The van der Waals surface area contributed by atoms with Gasteiger partial charge in [0.05, 0.1) is 6.04 Å². The van der Waals surface area contributed by atoms with E-state index in [4.69, 9.17) is 5.73 Å². The summed E-state index contributed by atoms with van der Waals surface area (Å²) in [5, 5.41) is 4.52. The van der Waals surface area contributed by atoms with E-state index in [0.717, 1.165) is 12.8 Å². The minimum absolute atomic E-state index is 0.0744. The van der Waals surface area contributed by atoms with Crippen LogP contribution in [0.5, 0.6) is 0 Å². The zero-order valence-corrected chi connectivity index (χ0v) is 15.0. The summed E-state index contributed by atoms with van der Waals surface area (Å²) in [4.78, 5) is 14.0. The molecule has 4 rings (SSSR count). The fourth-order valence-corrected chi connectivity index (χ4v) is 5.69. The number of fused-ring (bicyclic) bond motifs is 3. The molecule has 3 atom stereocenters. The molecule has 0 radical (unpaired) electrons. The van der Waals surface area contributed by atoms with Crippen molar-refractivity contribution in [2.45, 2.75) is 51.1 Å². The largest absolute Gasteiger partial charge is 0.349 e. The minimum atomic E-state index is 0.0744. The highest BCUT2D eigenvalue weighted by Gasteiger charge is 2.40. The first kappa shape index (κ1) is 16.1. The number of nitrogens with one attached hydrogen (secondary N) is 1. The number of carbonyl (C=O) groups excluding carboxylic acids is 1. The van der Waals surface area contributed by atoms with Gasteiger partial charge in [-0.15, -0.1) is 11.3 Å². The van der Waals surface area contributed by atoms with Crippen molar-refractivity contribution in [1.82, 2.24) is 5.32 Å². The Morgan fingerprint density at radius 2 is 1.96 bits per heavy atom. The van der Waals surface area contributed by atoms with Crippen LogP contribution in [0, 0.1) is 17.8 Å². The molecule has 128 valence electrons. The quantitative estimate of drug-likeness (QED) is 0.877. The molecule has 2 saturated carbocycles. The maximum Gasteiger partial charge on any atom is 0.223 e. The number of rotatable bonds is 3. The SMILES string of the molecule is CC(NC(=O)C1CC2CCCC(C1)C2N)c1cc2ccccc2s1. The summed E-state index contributed by atoms with van der Waals surface area (Å²) in [7, 11) is 0. The fraction of sp³-hybridized carbons (Fsp3) is 0.550. The molecule has 4 heteroatoms. The topological polar surface area (TPSA) is 55.1 Å². The molecule has 1 amide bonds. The zero-order chi connectivity index (χ0) is 16.7. The molecule has 3 unspecified atom stereocenters. The third kappa shape index (κ3) is 2.98. The Bertz CT molecular complexity index is 693. The molecule has 0 spiro atoms. The van der Waals surface area contributed by atoms with E-state index in [1.807, 2.05) is 0 Å². The predicted octanol–water partition coefficient (Wildman–Crippen LogP) is 4.23. The lowest BCUT2D eigenvalue weighted by atomic mass is 9.65. The molecule has 2 aliphatic carbocycles. The molecular weight excluding hydrogens is 316 g/mol. The first-order valence-corrected chi connectivity index (χ1v) is 9.98. The Morgan fingerprint density at radius 1 is 1.25 bits per heavy atom. The molecule has 2 bridgehead atoms. The zero-order valence-electron chi connectivity index (χ0n) is 14.2. The molecule has 2 aromatic rings. The normalized spacial score (nSPS) is 30.9. The van der Waals surface area contributed by atoms with Crippen LogP contribution in [0.2, 0.25) is 0 Å². The van der Waals surface area contributed by atoms with Gasteiger partial charge in [-0.05, 0) is 62.0 Å². The van der Waals surface area contributed by atoms with Crippen LogP contribution in [0.1, 0.15) is 49.9 Å². The highest BCUT2D eigenvalue weighted by Crippen LogP contribution is 2.42. The highest BCUT2D eigenvalue weighted by molar-refractivity contribution is 7.19. The van der Waals surface area contributed by atoms with Gasteiger partial charge in [0.15, 0.2) is 0 Å². The molecule has 2 aliphatic rings. The molecule has 1 heterocycles. The fourth-order valence-electron chi connectivity index (χ4n) is 4.62. The van der Waals surface area contributed by atoms with Gasteiger partial charge in [-0.1, -0.05) is 24.6 Å². The number of nitrogens with two attached hydrogens (primary N) is 1. The minimum Gasteiger partial charge on any atom is -0.349 e. The van der Waals surface area contributed by atoms with Gasteiger partial charge in [-0.25, -0.2) is 0 Å². The van der Waals surface area contributed by atoms with E-state index < -0.39 is 0 Å². The van der Waals surface area contributed by atoms with Crippen LogP contribution in [-0.2, 0) is 4.79 Å². The summed E-state index contributed by atoms with van der Waals surface area (Å²) < 4.78 is 1.28. The molecule has 0 aliphatic heterocycles. The van der Waals surface area contributed by atoms with Gasteiger partial charge in [0, 0.05) is 21.5 Å². The number of benzene rings is 1. The van der Waals surface area contributed by atoms with E-state index in [1.54, 1.807) is 11.3 Å². The van der Waals surface area contributed by atoms with Gasteiger partial charge < -0.3 is 11.1 Å². The second-order valence-electron chi connectivity index (χ2n) is 7.61. The van der Waals surface area contributed by atoms with Crippen molar-refractivity contribution in [2.24, 2.45) is 23.5 Å². The summed E-state index contributed by atoms with van der Waals surface area (Å²) in [6.07, 6.45) is 5.64. The number of hydrogen-bond acceptors (Lipinski definition) is 3. The first-order chi connectivity index (χ1) is 11.6. The molecule has 3 N–H and O–H groups in total. The number of thiophene rings is 1. The summed E-state index contributed by atoms with van der Waals surface area (Å²) in [5.74, 6) is 1.47. The van der Waals surface area contributed by atoms with Gasteiger partial charge in [-0.2, -0.15) is 0 Å². The Morgan fingerprint density at radius 3 is 2.67 bits per heavy atom. The molecule has 0 saturated heterocycles. The van der Waals surface area contributed by atoms with Gasteiger partial charge in [0.1, 0.15) is 0 Å². The molecule has 3 nitrogen and oxygen atoms in total. The van der Waals surface area contributed by atoms with Crippen molar-refractivity contribution in [3.8, 4) is 0 Å². The van der Waals surface area contributed by atoms with Crippen LogP contribution in [0.25, 0.3) is 10.1 Å². The summed E-state index contributed by atoms with van der Waals surface area (Å²) in [6.45, 7) is 2.10. The van der Waals surface area contributed by atoms with Crippen molar-refractivity contribution in [3.63, 3.8) is 0 Å². The number of hydrogen-bond donors (Lipinski definition) is 2. The summed E-state index contributed by atoms with van der Waals surface area (Å²) in [5.41, 5.74) is 6.35. The van der Waals surface area contributed by atoms with E-state index in [-0.39, 0.29) is 17.9 Å². The maximum atomic E-state index is 12.8. The standard InChI is InChI=1S/C20H26N2OS/c1-12(18-11-13-5-2-3-8-17(13)24-18)22-20(23)16-9-14-6-4-7-15(10-16)19(14)21/h2-3,5,8,11-12,14-16,19H,4,6-7,9-10,21H2,1H3,(H,22,23). The third-order valence-corrected chi connectivity index (χ3v) is 7.31. The average molecular weight is 343 g/mol. The molecule has 24 heavy (non-hydrogen) atoms. The second-order valence-corrected chi connectivity index (χ2v) is 8.73. The first-order valence-electron chi connectivity index (χ1n) is 9.16. The second kappa shape index (κ2) is 6.49. The maximum absolute atomic E-state index is 12.8. The predicted molar refractivity (Wildman–Crippen MR) is 99.9 cm³/mol. The Balaban J connectivity index is 1.43. The van der Waals surface area contributed by atoms with Gasteiger partial charge in [0.2, 0.25) is 5.91 Å². The van der Waals surface area contributed by atoms with Crippen LogP contribution in [0.3, 0.4) is 0 Å². The van der Waals surface area contributed by atoms with Gasteiger partial charge in [0.25, 0.3) is 0 Å². The van der Waals surface area contributed by atoms with Crippen molar-refractivity contribution >= 4 is 27.3 Å². The summed E-state index contributed by atoms with van der Waals surface area (Å²) in [6, 6.07) is 11.0. The molecule has 2 fully saturated rings. The van der Waals surface area contributed by atoms with Gasteiger partial charge in [-0.3, -0.25) is 4.79 Å². The lowest BCUT2D eigenvalue weighted by Crippen LogP contribution is -2.49. The Hall–Kier alpha value is -1.39. The van der Waals surface area contributed by atoms with Crippen LogP contribution in [-0.4, -0.2) is 11.9 Å². The van der Waals surface area contributed by atoms with Crippen molar-refractivity contribution in [1.29, 1.82) is 0 Å². The third-order valence-electron chi connectivity index (χ3n) is 6.01. The highest BCUT2D eigenvalue weighted by atomic mass is 32.1. The van der Waals surface area contributed by atoms with Crippen LogP contribution >= 0.6 is 11.3 Å². The van der Waals surface area contributed by atoms with Gasteiger partial charge >= 0.3 is 0 Å². The van der Waals surface area contributed by atoms with E-state index in [0.29, 0.717) is 17.9 Å². The lowest BCUT2D eigenvalue weighted by molar-refractivity contribution is -0.128. The van der Waals surface area contributed by atoms with Crippen molar-refractivity contribution < 1.29 is 4.79 Å². The van der Waals surface area contributed by atoms with Crippen molar-refractivity contribution in [3.05, 3.63) is 35.2 Å². The van der Waals surface area contributed by atoms with E-state index in [2.05, 4.69) is 42.6 Å².